The number of rotatable bonds is 1. The highest BCUT2D eigenvalue weighted by molar-refractivity contribution is 5.69. The molecule has 1 heterocycles. The molecule has 4 nitrogen and oxygen atoms in total. The molecule has 0 spiro atoms. The van der Waals surface area contributed by atoms with Gasteiger partial charge in [-0.15, -0.1) is 0 Å². The van der Waals surface area contributed by atoms with Crippen LogP contribution in [0.15, 0.2) is 0 Å². The molecular weight excluding hydrogens is 218 g/mol. The van der Waals surface area contributed by atoms with Gasteiger partial charge < -0.3 is 14.4 Å². The molecule has 0 N–H and O–H groups in total. The molecule has 0 aromatic heterocycles. The summed E-state index contributed by atoms with van der Waals surface area (Å²) in [5, 5.41) is 0. The number of hydrogen-bond donors (Lipinski definition) is 0. The second-order valence-electron chi connectivity index (χ2n) is 6.20. The lowest BCUT2D eigenvalue weighted by Gasteiger charge is -2.36. The van der Waals surface area contributed by atoms with Crippen molar-refractivity contribution in [3.63, 3.8) is 0 Å². The number of fused-ring (bicyclic) bond motifs is 2. The van der Waals surface area contributed by atoms with E-state index in [2.05, 4.69) is 0 Å². The minimum Gasteiger partial charge on any atom is -0.444 e. The van der Waals surface area contributed by atoms with E-state index >= 15 is 0 Å². The highest BCUT2D eigenvalue weighted by Crippen LogP contribution is 2.40. The molecule has 2 aliphatic rings. The topological polar surface area (TPSA) is 46.6 Å². The lowest BCUT2D eigenvalue weighted by molar-refractivity contribution is -0.114. The second-order valence-corrected chi connectivity index (χ2v) is 6.20. The van der Waals surface area contributed by atoms with E-state index in [0.717, 1.165) is 19.1 Å². The van der Waals surface area contributed by atoms with Crippen molar-refractivity contribution in [1.29, 1.82) is 0 Å². The summed E-state index contributed by atoms with van der Waals surface area (Å²) >= 11 is 0. The zero-order valence-electron chi connectivity index (χ0n) is 10.8. The van der Waals surface area contributed by atoms with Crippen LogP contribution in [0.25, 0.3) is 0 Å². The molecule has 2 unspecified atom stereocenters. The monoisotopic (exact) mass is 239 g/mol. The van der Waals surface area contributed by atoms with E-state index in [0.29, 0.717) is 24.9 Å². The first-order valence-corrected chi connectivity index (χ1v) is 6.34. The van der Waals surface area contributed by atoms with Crippen LogP contribution in [0.1, 0.15) is 33.6 Å². The molecule has 2 bridgehead atoms. The highest BCUT2D eigenvalue weighted by atomic mass is 16.6. The van der Waals surface area contributed by atoms with Gasteiger partial charge in [-0.25, -0.2) is 4.79 Å². The van der Waals surface area contributed by atoms with Crippen molar-refractivity contribution in [1.82, 2.24) is 4.90 Å². The molecule has 0 radical (unpaired) electrons. The van der Waals surface area contributed by atoms with Gasteiger partial charge in [0.25, 0.3) is 0 Å². The number of likely N-dealkylation sites (tertiary alicyclic amines) is 1. The van der Waals surface area contributed by atoms with Crippen LogP contribution >= 0.6 is 0 Å². The fourth-order valence-electron chi connectivity index (χ4n) is 2.96. The number of carbonyl (C=O) groups is 2. The van der Waals surface area contributed by atoms with Gasteiger partial charge >= 0.3 is 6.09 Å². The standard InChI is InChI=1S/C13H21NO3/c1-13(2,3)17-12(16)14-6-9-4-5-10(7-14)11(9)8-15/h8-11H,4-7H2,1-3H3. The van der Waals surface area contributed by atoms with E-state index in [-0.39, 0.29) is 12.0 Å². The first-order chi connectivity index (χ1) is 7.90. The summed E-state index contributed by atoms with van der Waals surface area (Å²) in [5.74, 6) is 0.853. The zero-order valence-corrected chi connectivity index (χ0v) is 10.8. The van der Waals surface area contributed by atoms with Crippen molar-refractivity contribution in [2.75, 3.05) is 13.1 Å². The normalized spacial score (nSPS) is 32.4. The van der Waals surface area contributed by atoms with Crippen LogP contribution in [0.5, 0.6) is 0 Å². The number of nitrogens with zero attached hydrogens (tertiary/aromatic N) is 1. The predicted octanol–water partition coefficient (Wildman–Crippen LogP) is 2.08. The lowest BCUT2D eigenvalue weighted by atomic mass is 9.86. The van der Waals surface area contributed by atoms with E-state index < -0.39 is 5.60 Å². The van der Waals surface area contributed by atoms with Crippen LogP contribution in [0.4, 0.5) is 4.79 Å². The van der Waals surface area contributed by atoms with Crippen LogP contribution in [0, 0.1) is 17.8 Å². The number of ether oxygens (including phenoxy) is 1. The van der Waals surface area contributed by atoms with Gasteiger partial charge in [0.2, 0.25) is 0 Å². The molecule has 4 heteroatoms. The Hall–Kier alpha value is -1.06. The van der Waals surface area contributed by atoms with Gasteiger partial charge in [0, 0.05) is 19.0 Å². The molecule has 2 fully saturated rings. The van der Waals surface area contributed by atoms with Crippen molar-refractivity contribution >= 4 is 12.4 Å². The third kappa shape index (κ3) is 2.61. The van der Waals surface area contributed by atoms with Crippen LogP contribution in [-0.4, -0.2) is 36.0 Å². The molecule has 17 heavy (non-hydrogen) atoms. The van der Waals surface area contributed by atoms with Crippen LogP contribution < -0.4 is 0 Å². The number of carbonyl (C=O) groups excluding carboxylic acids is 2. The molecule has 2 atom stereocenters. The third-order valence-corrected chi connectivity index (χ3v) is 3.72. The molecule has 96 valence electrons. The smallest absolute Gasteiger partial charge is 0.410 e. The van der Waals surface area contributed by atoms with Crippen molar-refractivity contribution in [2.45, 2.75) is 39.2 Å². The third-order valence-electron chi connectivity index (χ3n) is 3.72. The Morgan fingerprint density at radius 3 is 2.18 bits per heavy atom. The minimum absolute atomic E-state index is 0.161. The fourth-order valence-corrected chi connectivity index (χ4v) is 2.96. The molecule has 1 amide bonds. The maximum atomic E-state index is 11.9. The Kier molecular flexibility index (Phi) is 3.15. The molecule has 1 saturated carbocycles. The van der Waals surface area contributed by atoms with Gasteiger partial charge in [-0.2, -0.15) is 0 Å². The number of amides is 1. The Morgan fingerprint density at radius 2 is 1.76 bits per heavy atom. The van der Waals surface area contributed by atoms with E-state index in [9.17, 15) is 9.59 Å². The average molecular weight is 239 g/mol. The van der Waals surface area contributed by atoms with Crippen molar-refractivity contribution in [2.24, 2.45) is 17.8 Å². The van der Waals surface area contributed by atoms with E-state index in [1.54, 1.807) is 4.90 Å². The van der Waals surface area contributed by atoms with Crippen LogP contribution in [-0.2, 0) is 9.53 Å². The fraction of sp³-hybridized carbons (Fsp3) is 0.846. The van der Waals surface area contributed by atoms with Crippen molar-refractivity contribution in [3.8, 4) is 0 Å². The summed E-state index contributed by atoms with van der Waals surface area (Å²) in [5.41, 5.74) is -0.447. The highest BCUT2D eigenvalue weighted by Gasteiger charge is 2.43. The van der Waals surface area contributed by atoms with Gasteiger partial charge in [0.15, 0.2) is 0 Å². The lowest BCUT2D eigenvalue weighted by Crippen LogP contribution is -2.47. The SMILES string of the molecule is CC(C)(C)OC(=O)N1CC2CCC(C1)C2C=O. The Bertz CT molecular complexity index is 307. The minimum atomic E-state index is -0.447. The summed E-state index contributed by atoms with van der Waals surface area (Å²) in [6.07, 6.45) is 2.97. The van der Waals surface area contributed by atoms with Crippen LogP contribution in [0.3, 0.4) is 0 Å². The van der Waals surface area contributed by atoms with E-state index in [4.69, 9.17) is 4.74 Å². The molecule has 0 aromatic carbocycles. The van der Waals surface area contributed by atoms with Crippen LogP contribution in [0.2, 0.25) is 0 Å². The maximum Gasteiger partial charge on any atom is 0.410 e. The maximum absolute atomic E-state index is 11.9. The molecular formula is C13H21NO3. The number of aldehydes is 1. The van der Waals surface area contributed by atoms with E-state index in [1.807, 2.05) is 20.8 Å². The largest absolute Gasteiger partial charge is 0.444 e. The summed E-state index contributed by atoms with van der Waals surface area (Å²) in [7, 11) is 0. The Labute approximate surface area is 102 Å². The van der Waals surface area contributed by atoms with Crippen molar-refractivity contribution < 1.29 is 14.3 Å². The Balaban J connectivity index is 1.98. The number of piperidine rings is 1. The van der Waals surface area contributed by atoms with Crippen molar-refractivity contribution in [3.05, 3.63) is 0 Å². The quantitative estimate of drug-likeness (QED) is 0.658. The first kappa shape index (κ1) is 12.4. The molecule has 1 saturated heterocycles. The zero-order chi connectivity index (χ0) is 12.6. The van der Waals surface area contributed by atoms with Gasteiger partial charge in [-0.05, 0) is 45.4 Å². The van der Waals surface area contributed by atoms with Gasteiger partial charge in [-0.3, -0.25) is 0 Å². The predicted molar refractivity (Wildman–Crippen MR) is 63.6 cm³/mol. The second kappa shape index (κ2) is 4.31. The number of hydrogen-bond acceptors (Lipinski definition) is 3. The summed E-state index contributed by atoms with van der Waals surface area (Å²) < 4.78 is 5.37. The van der Waals surface area contributed by atoms with Gasteiger partial charge in [0.05, 0.1) is 0 Å². The van der Waals surface area contributed by atoms with Gasteiger partial charge in [-0.1, -0.05) is 0 Å². The molecule has 2 rings (SSSR count). The summed E-state index contributed by atoms with van der Waals surface area (Å²) in [6, 6.07) is 0. The summed E-state index contributed by atoms with van der Waals surface area (Å²) in [6.45, 7) is 6.97. The van der Waals surface area contributed by atoms with Gasteiger partial charge in [0.1, 0.15) is 11.9 Å². The molecule has 1 aliphatic carbocycles. The summed E-state index contributed by atoms with van der Waals surface area (Å²) in [4.78, 5) is 24.7. The first-order valence-electron chi connectivity index (χ1n) is 6.34. The van der Waals surface area contributed by atoms with E-state index in [1.165, 1.54) is 0 Å². The molecule has 0 aromatic rings. The Morgan fingerprint density at radius 1 is 1.24 bits per heavy atom. The average Bonchev–Trinajstić information content (AvgIpc) is 2.44. The molecule has 1 aliphatic heterocycles.